The SMILES string of the molecule is O=C(O)C1CC1CCc1ccc(O)c(CO)c1. The highest BCUT2D eigenvalue weighted by Gasteiger charge is 2.42. The Balaban J connectivity index is 1.90. The number of carboxylic acid groups (broad SMARTS) is 1. The Hall–Kier alpha value is -1.55. The number of aromatic hydroxyl groups is 1. The average molecular weight is 236 g/mol. The van der Waals surface area contributed by atoms with Crippen LogP contribution in [0.5, 0.6) is 5.75 Å². The van der Waals surface area contributed by atoms with Gasteiger partial charge < -0.3 is 15.3 Å². The van der Waals surface area contributed by atoms with Gasteiger partial charge in [0.1, 0.15) is 5.75 Å². The number of aliphatic hydroxyl groups excluding tert-OH is 1. The largest absolute Gasteiger partial charge is 0.508 e. The summed E-state index contributed by atoms with van der Waals surface area (Å²) in [5.74, 6) is -0.467. The van der Waals surface area contributed by atoms with Crippen molar-refractivity contribution in [3.05, 3.63) is 29.3 Å². The summed E-state index contributed by atoms with van der Waals surface area (Å²) < 4.78 is 0. The first kappa shape index (κ1) is 11.9. The Morgan fingerprint density at radius 3 is 2.76 bits per heavy atom. The van der Waals surface area contributed by atoms with Gasteiger partial charge in [0.05, 0.1) is 12.5 Å². The summed E-state index contributed by atoms with van der Waals surface area (Å²) in [5.41, 5.74) is 1.55. The molecular formula is C13H16O4. The van der Waals surface area contributed by atoms with Crippen LogP contribution in [-0.4, -0.2) is 21.3 Å². The lowest BCUT2D eigenvalue weighted by Crippen LogP contribution is -2.00. The molecule has 1 aromatic rings. The number of carbonyl (C=O) groups is 1. The van der Waals surface area contributed by atoms with Crippen molar-refractivity contribution in [2.75, 3.05) is 0 Å². The number of aliphatic hydroxyl groups is 1. The van der Waals surface area contributed by atoms with Crippen LogP contribution in [0, 0.1) is 11.8 Å². The predicted octanol–water partition coefficient (Wildman–Crippen LogP) is 1.54. The second-order valence-electron chi connectivity index (χ2n) is 4.60. The zero-order valence-electron chi connectivity index (χ0n) is 9.47. The maximum atomic E-state index is 10.7. The van der Waals surface area contributed by atoms with E-state index in [1.807, 2.05) is 6.07 Å². The van der Waals surface area contributed by atoms with E-state index in [0.717, 1.165) is 24.8 Å². The third kappa shape index (κ3) is 2.77. The van der Waals surface area contributed by atoms with E-state index >= 15 is 0 Å². The minimum Gasteiger partial charge on any atom is -0.508 e. The third-order valence-corrected chi connectivity index (χ3v) is 3.36. The van der Waals surface area contributed by atoms with Crippen LogP contribution in [0.4, 0.5) is 0 Å². The van der Waals surface area contributed by atoms with Gasteiger partial charge in [0.15, 0.2) is 0 Å². The molecule has 2 rings (SSSR count). The van der Waals surface area contributed by atoms with E-state index in [1.54, 1.807) is 12.1 Å². The van der Waals surface area contributed by atoms with Crippen LogP contribution in [0.3, 0.4) is 0 Å². The molecule has 2 unspecified atom stereocenters. The molecule has 1 aromatic carbocycles. The van der Waals surface area contributed by atoms with Gasteiger partial charge >= 0.3 is 5.97 Å². The van der Waals surface area contributed by atoms with Crippen molar-refractivity contribution in [3.8, 4) is 5.75 Å². The molecule has 0 amide bonds. The molecule has 4 heteroatoms. The molecule has 0 bridgehead atoms. The molecule has 0 aromatic heterocycles. The maximum absolute atomic E-state index is 10.7. The Morgan fingerprint density at radius 1 is 1.41 bits per heavy atom. The summed E-state index contributed by atoms with van der Waals surface area (Å²) >= 11 is 0. The van der Waals surface area contributed by atoms with Gasteiger partial charge in [-0.1, -0.05) is 6.07 Å². The number of carboxylic acids is 1. The van der Waals surface area contributed by atoms with Crippen LogP contribution in [0.25, 0.3) is 0 Å². The summed E-state index contributed by atoms with van der Waals surface area (Å²) in [5, 5.41) is 27.2. The van der Waals surface area contributed by atoms with Crippen LogP contribution in [0.15, 0.2) is 18.2 Å². The lowest BCUT2D eigenvalue weighted by atomic mass is 10.0. The van der Waals surface area contributed by atoms with Crippen molar-refractivity contribution in [2.45, 2.75) is 25.9 Å². The molecule has 17 heavy (non-hydrogen) atoms. The summed E-state index contributed by atoms with van der Waals surface area (Å²) in [6, 6.07) is 5.16. The number of hydrogen-bond acceptors (Lipinski definition) is 3. The summed E-state index contributed by atoms with van der Waals surface area (Å²) in [4.78, 5) is 10.7. The number of aryl methyl sites for hydroxylation is 1. The number of benzene rings is 1. The number of hydrogen-bond donors (Lipinski definition) is 3. The topological polar surface area (TPSA) is 77.8 Å². The molecule has 1 aliphatic carbocycles. The standard InChI is InChI=1S/C13H16O4/c14-7-10-5-8(2-4-12(10)15)1-3-9-6-11(9)13(16)17/h2,4-5,9,11,14-15H,1,3,6-7H2,(H,16,17). The van der Waals surface area contributed by atoms with Gasteiger partial charge in [-0.25, -0.2) is 0 Å². The molecule has 92 valence electrons. The van der Waals surface area contributed by atoms with Gasteiger partial charge in [0, 0.05) is 5.56 Å². The molecule has 0 spiro atoms. The lowest BCUT2D eigenvalue weighted by molar-refractivity contribution is -0.138. The smallest absolute Gasteiger partial charge is 0.306 e. The van der Waals surface area contributed by atoms with Crippen molar-refractivity contribution < 1.29 is 20.1 Å². The van der Waals surface area contributed by atoms with Gasteiger partial charge in [0.25, 0.3) is 0 Å². The molecule has 1 saturated carbocycles. The molecule has 0 aliphatic heterocycles. The number of aliphatic carboxylic acids is 1. The van der Waals surface area contributed by atoms with E-state index < -0.39 is 5.97 Å². The summed E-state index contributed by atoms with van der Waals surface area (Å²) in [7, 11) is 0. The van der Waals surface area contributed by atoms with Crippen LogP contribution in [0.1, 0.15) is 24.0 Å². The van der Waals surface area contributed by atoms with Crippen LogP contribution >= 0.6 is 0 Å². The first-order valence-electron chi connectivity index (χ1n) is 5.76. The highest BCUT2D eigenvalue weighted by atomic mass is 16.4. The zero-order chi connectivity index (χ0) is 12.4. The van der Waals surface area contributed by atoms with Crippen LogP contribution < -0.4 is 0 Å². The lowest BCUT2D eigenvalue weighted by Gasteiger charge is -2.05. The third-order valence-electron chi connectivity index (χ3n) is 3.36. The van der Waals surface area contributed by atoms with Crippen LogP contribution in [0.2, 0.25) is 0 Å². The summed E-state index contributed by atoms with van der Waals surface area (Å²) in [6.45, 7) is -0.180. The fourth-order valence-electron chi connectivity index (χ4n) is 2.14. The Morgan fingerprint density at radius 2 is 2.18 bits per heavy atom. The maximum Gasteiger partial charge on any atom is 0.306 e. The van der Waals surface area contributed by atoms with Gasteiger partial charge in [0.2, 0.25) is 0 Å². The van der Waals surface area contributed by atoms with Crippen molar-refractivity contribution in [3.63, 3.8) is 0 Å². The highest BCUT2D eigenvalue weighted by molar-refractivity contribution is 5.73. The molecule has 4 nitrogen and oxygen atoms in total. The van der Waals surface area contributed by atoms with Crippen molar-refractivity contribution >= 4 is 5.97 Å². The fourth-order valence-corrected chi connectivity index (χ4v) is 2.14. The molecular weight excluding hydrogens is 220 g/mol. The number of rotatable bonds is 5. The highest BCUT2D eigenvalue weighted by Crippen LogP contribution is 2.42. The average Bonchev–Trinajstić information content (AvgIpc) is 3.07. The minimum absolute atomic E-state index is 0.103. The van der Waals surface area contributed by atoms with E-state index in [4.69, 9.17) is 10.2 Å². The van der Waals surface area contributed by atoms with E-state index in [9.17, 15) is 9.90 Å². The van der Waals surface area contributed by atoms with Gasteiger partial charge in [-0.3, -0.25) is 4.79 Å². The normalized spacial score (nSPS) is 22.4. The molecule has 3 N–H and O–H groups in total. The molecule has 0 radical (unpaired) electrons. The summed E-state index contributed by atoms with van der Waals surface area (Å²) in [6.07, 6.45) is 2.43. The second kappa shape index (κ2) is 4.75. The molecule has 0 saturated heterocycles. The van der Waals surface area contributed by atoms with E-state index in [0.29, 0.717) is 11.5 Å². The second-order valence-corrected chi connectivity index (χ2v) is 4.60. The van der Waals surface area contributed by atoms with Gasteiger partial charge in [-0.15, -0.1) is 0 Å². The molecule has 0 heterocycles. The monoisotopic (exact) mass is 236 g/mol. The molecule has 2 atom stereocenters. The van der Waals surface area contributed by atoms with Gasteiger partial charge in [-0.2, -0.15) is 0 Å². The van der Waals surface area contributed by atoms with Crippen LogP contribution in [-0.2, 0) is 17.8 Å². The molecule has 1 aliphatic rings. The quantitative estimate of drug-likeness (QED) is 0.724. The Labute approximate surface area is 99.5 Å². The number of phenols is 1. The first-order valence-corrected chi connectivity index (χ1v) is 5.76. The molecule has 1 fully saturated rings. The van der Waals surface area contributed by atoms with E-state index in [2.05, 4.69) is 0 Å². The van der Waals surface area contributed by atoms with Crippen molar-refractivity contribution in [1.29, 1.82) is 0 Å². The minimum atomic E-state index is -0.697. The van der Waals surface area contributed by atoms with E-state index in [-0.39, 0.29) is 18.3 Å². The van der Waals surface area contributed by atoms with Crippen molar-refractivity contribution in [2.24, 2.45) is 11.8 Å². The Kier molecular flexibility index (Phi) is 3.33. The van der Waals surface area contributed by atoms with E-state index in [1.165, 1.54) is 0 Å². The predicted molar refractivity (Wildman–Crippen MR) is 61.6 cm³/mol. The Bertz CT molecular complexity index is 427. The first-order chi connectivity index (χ1) is 8.11. The zero-order valence-corrected chi connectivity index (χ0v) is 9.47. The van der Waals surface area contributed by atoms with Gasteiger partial charge in [-0.05, 0) is 42.9 Å². The van der Waals surface area contributed by atoms with Crippen molar-refractivity contribution in [1.82, 2.24) is 0 Å². The fraction of sp³-hybridized carbons (Fsp3) is 0.462.